The lowest BCUT2D eigenvalue weighted by Gasteiger charge is -2.30. The molecule has 0 bridgehead atoms. The smallest absolute Gasteiger partial charge is 0.122 e. The molecular formula is C15H19N3O. The van der Waals surface area contributed by atoms with Crippen LogP contribution in [0.1, 0.15) is 36.6 Å². The number of aryl methyl sites for hydroxylation is 1. The zero-order valence-corrected chi connectivity index (χ0v) is 11.1. The zero-order chi connectivity index (χ0) is 13.2. The Labute approximate surface area is 113 Å². The number of fused-ring (bicyclic) bond motifs is 1. The van der Waals surface area contributed by atoms with Crippen molar-refractivity contribution >= 4 is 0 Å². The summed E-state index contributed by atoms with van der Waals surface area (Å²) in [6, 6.07) is 10.2. The lowest BCUT2D eigenvalue weighted by Crippen LogP contribution is -2.27. The topological polar surface area (TPSA) is 53.1 Å². The van der Waals surface area contributed by atoms with Crippen molar-refractivity contribution in [1.29, 1.82) is 0 Å². The Kier molecular flexibility index (Phi) is 3.25. The first-order valence-electron chi connectivity index (χ1n) is 6.80. The monoisotopic (exact) mass is 257 g/mol. The van der Waals surface area contributed by atoms with Crippen molar-refractivity contribution in [2.45, 2.75) is 31.8 Å². The number of ether oxygens (including phenoxy) is 1. The molecule has 4 heteroatoms. The number of benzene rings is 1. The van der Waals surface area contributed by atoms with Gasteiger partial charge in [0.25, 0.3) is 0 Å². The van der Waals surface area contributed by atoms with Crippen molar-refractivity contribution in [3.05, 3.63) is 47.8 Å². The first-order chi connectivity index (χ1) is 9.31. The minimum atomic E-state index is -0.0347. The van der Waals surface area contributed by atoms with Crippen LogP contribution in [-0.4, -0.2) is 16.4 Å². The van der Waals surface area contributed by atoms with Gasteiger partial charge in [0.2, 0.25) is 0 Å². The number of nitrogens with zero attached hydrogens (tertiary/aromatic N) is 2. The minimum Gasteiger partial charge on any atom is -0.493 e. The first kappa shape index (κ1) is 12.2. The van der Waals surface area contributed by atoms with E-state index in [9.17, 15) is 0 Å². The Hall–Kier alpha value is -1.81. The largest absolute Gasteiger partial charge is 0.493 e. The summed E-state index contributed by atoms with van der Waals surface area (Å²) in [5.74, 6) is 1.27. The normalized spacial score (nSPS) is 19.6. The van der Waals surface area contributed by atoms with E-state index in [1.165, 1.54) is 5.56 Å². The highest BCUT2D eigenvalue weighted by molar-refractivity contribution is 5.39. The van der Waals surface area contributed by atoms with E-state index in [4.69, 9.17) is 10.5 Å². The van der Waals surface area contributed by atoms with Crippen LogP contribution in [0.25, 0.3) is 0 Å². The second-order valence-corrected chi connectivity index (χ2v) is 4.88. The quantitative estimate of drug-likeness (QED) is 0.919. The Morgan fingerprint density at radius 2 is 2.26 bits per heavy atom. The molecule has 2 N–H and O–H groups in total. The molecule has 0 saturated heterocycles. The van der Waals surface area contributed by atoms with Gasteiger partial charge in [-0.2, -0.15) is 5.10 Å². The van der Waals surface area contributed by atoms with Crippen molar-refractivity contribution in [2.24, 2.45) is 5.73 Å². The van der Waals surface area contributed by atoms with Gasteiger partial charge in [0.05, 0.1) is 18.3 Å². The summed E-state index contributed by atoms with van der Waals surface area (Å²) in [7, 11) is 0. The molecule has 0 saturated carbocycles. The summed E-state index contributed by atoms with van der Waals surface area (Å²) in [5.41, 5.74) is 8.80. The number of aromatic nitrogens is 2. The SMILES string of the molecule is CCn1nccc1C(N)C1CCOc2ccccc21. The third kappa shape index (κ3) is 2.12. The Morgan fingerprint density at radius 3 is 3.11 bits per heavy atom. The van der Waals surface area contributed by atoms with Crippen molar-refractivity contribution in [2.75, 3.05) is 6.61 Å². The van der Waals surface area contributed by atoms with Crippen LogP contribution >= 0.6 is 0 Å². The Morgan fingerprint density at radius 1 is 1.42 bits per heavy atom. The van der Waals surface area contributed by atoms with E-state index in [0.29, 0.717) is 5.92 Å². The molecular weight excluding hydrogens is 238 g/mol. The summed E-state index contributed by atoms with van der Waals surface area (Å²) >= 11 is 0. The molecule has 2 unspecified atom stereocenters. The summed E-state index contributed by atoms with van der Waals surface area (Å²) in [4.78, 5) is 0. The number of nitrogens with two attached hydrogens (primary N) is 1. The predicted octanol–water partition coefficient (Wildman–Crippen LogP) is 2.47. The summed E-state index contributed by atoms with van der Waals surface area (Å²) < 4.78 is 7.67. The predicted molar refractivity (Wildman–Crippen MR) is 74.1 cm³/mol. The molecule has 100 valence electrons. The van der Waals surface area contributed by atoms with Crippen molar-refractivity contribution < 1.29 is 4.74 Å². The number of rotatable bonds is 3. The van der Waals surface area contributed by atoms with Gasteiger partial charge >= 0.3 is 0 Å². The molecule has 1 aliphatic heterocycles. The Balaban J connectivity index is 1.95. The maximum absolute atomic E-state index is 6.49. The fourth-order valence-corrected chi connectivity index (χ4v) is 2.84. The summed E-state index contributed by atoms with van der Waals surface area (Å²) in [6.45, 7) is 3.66. The molecule has 2 atom stereocenters. The number of para-hydroxylation sites is 1. The lowest BCUT2D eigenvalue weighted by molar-refractivity contribution is 0.253. The fourth-order valence-electron chi connectivity index (χ4n) is 2.84. The highest BCUT2D eigenvalue weighted by Crippen LogP contribution is 2.39. The maximum atomic E-state index is 6.49. The molecule has 0 aliphatic carbocycles. The average Bonchev–Trinajstić information content (AvgIpc) is 2.94. The van der Waals surface area contributed by atoms with Crippen molar-refractivity contribution in [1.82, 2.24) is 9.78 Å². The highest BCUT2D eigenvalue weighted by atomic mass is 16.5. The van der Waals surface area contributed by atoms with Gasteiger partial charge < -0.3 is 10.5 Å². The van der Waals surface area contributed by atoms with E-state index in [2.05, 4.69) is 18.1 Å². The third-order valence-electron chi connectivity index (χ3n) is 3.83. The van der Waals surface area contributed by atoms with Gasteiger partial charge in [-0.05, 0) is 31.0 Å². The highest BCUT2D eigenvalue weighted by Gasteiger charge is 2.29. The van der Waals surface area contributed by atoms with Crippen LogP contribution in [0.5, 0.6) is 5.75 Å². The molecule has 1 aromatic carbocycles. The van der Waals surface area contributed by atoms with Gasteiger partial charge in [0.15, 0.2) is 0 Å². The van der Waals surface area contributed by atoms with Crippen molar-refractivity contribution in [3.8, 4) is 5.75 Å². The van der Waals surface area contributed by atoms with Crippen LogP contribution in [0.2, 0.25) is 0 Å². The molecule has 0 spiro atoms. The molecule has 0 fully saturated rings. The van der Waals surface area contributed by atoms with Gasteiger partial charge in [-0.15, -0.1) is 0 Å². The minimum absolute atomic E-state index is 0.0347. The summed E-state index contributed by atoms with van der Waals surface area (Å²) in [5, 5.41) is 4.31. The van der Waals surface area contributed by atoms with E-state index in [1.807, 2.05) is 35.1 Å². The molecule has 1 aromatic heterocycles. The number of hydrogen-bond donors (Lipinski definition) is 1. The Bertz CT molecular complexity index is 564. The van der Waals surface area contributed by atoms with Gasteiger partial charge in [-0.25, -0.2) is 0 Å². The molecule has 4 nitrogen and oxygen atoms in total. The van der Waals surface area contributed by atoms with E-state index in [-0.39, 0.29) is 6.04 Å². The van der Waals surface area contributed by atoms with Gasteiger partial charge in [0, 0.05) is 18.7 Å². The zero-order valence-electron chi connectivity index (χ0n) is 11.1. The third-order valence-corrected chi connectivity index (χ3v) is 3.83. The van der Waals surface area contributed by atoms with E-state index < -0.39 is 0 Å². The average molecular weight is 257 g/mol. The van der Waals surface area contributed by atoms with Crippen LogP contribution in [0.4, 0.5) is 0 Å². The molecule has 3 rings (SSSR count). The van der Waals surface area contributed by atoms with E-state index >= 15 is 0 Å². The molecule has 2 aromatic rings. The molecule has 19 heavy (non-hydrogen) atoms. The van der Waals surface area contributed by atoms with Gasteiger partial charge in [-0.3, -0.25) is 4.68 Å². The number of hydrogen-bond acceptors (Lipinski definition) is 3. The molecule has 2 heterocycles. The standard InChI is InChI=1S/C15H19N3O/c1-2-18-13(7-9-17-18)15(16)12-8-10-19-14-6-4-3-5-11(12)14/h3-7,9,12,15H,2,8,10,16H2,1H3. The van der Waals surface area contributed by atoms with Crippen LogP contribution in [0, 0.1) is 0 Å². The van der Waals surface area contributed by atoms with Gasteiger partial charge in [0.1, 0.15) is 5.75 Å². The van der Waals surface area contributed by atoms with Crippen LogP contribution < -0.4 is 10.5 Å². The maximum Gasteiger partial charge on any atom is 0.122 e. The van der Waals surface area contributed by atoms with Crippen LogP contribution in [0.15, 0.2) is 36.5 Å². The molecule has 0 radical (unpaired) electrons. The van der Waals surface area contributed by atoms with Gasteiger partial charge in [-0.1, -0.05) is 18.2 Å². The fraction of sp³-hybridized carbons (Fsp3) is 0.400. The molecule has 1 aliphatic rings. The van der Waals surface area contributed by atoms with Crippen LogP contribution in [-0.2, 0) is 6.54 Å². The second kappa shape index (κ2) is 5.05. The van der Waals surface area contributed by atoms with E-state index in [0.717, 1.165) is 31.0 Å². The van der Waals surface area contributed by atoms with E-state index in [1.54, 1.807) is 0 Å². The summed E-state index contributed by atoms with van der Waals surface area (Å²) in [6.07, 6.45) is 2.77. The first-order valence-corrected chi connectivity index (χ1v) is 6.80. The second-order valence-electron chi connectivity index (χ2n) is 4.88. The molecule has 0 amide bonds. The lowest BCUT2D eigenvalue weighted by atomic mass is 9.85. The van der Waals surface area contributed by atoms with Crippen molar-refractivity contribution in [3.63, 3.8) is 0 Å². The van der Waals surface area contributed by atoms with Crippen LogP contribution in [0.3, 0.4) is 0 Å².